The number of aromatic nitrogens is 1. The first-order valence-electron chi connectivity index (χ1n) is 11.3. The molecule has 4 rings (SSSR count). The van der Waals surface area contributed by atoms with E-state index in [1.165, 1.54) is 25.8 Å². The zero-order chi connectivity index (χ0) is 21.1. The summed E-state index contributed by atoms with van der Waals surface area (Å²) < 4.78 is 1.92. The van der Waals surface area contributed by atoms with Gasteiger partial charge in [0.2, 0.25) is 5.91 Å². The summed E-state index contributed by atoms with van der Waals surface area (Å²) in [6, 6.07) is 6.24. The van der Waals surface area contributed by atoms with Crippen LogP contribution < -0.4 is 21.1 Å². The predicted octanol–water partition coefficient (Wildman–Crippen LogP) is -0.285. The molecule has 3 N–H and O–H groups in total. The predicted molar refractivity (Wildman–Crippen MR) is 121 cm³/mol. The number of hydrogen-bond acceptors (Lipinski definition) is 3. The van der Waals surface area contributed by atoms with E-state index in [2.05, 4.69) is 28.5 Å². The Morgan fingerprint density at radius 1 is 1.23 bits per heavy atom. The second-order valence-corrected chi connectivity index (χ2v) is 9.55. The first-order valence-corrected chi connectivity index (χ1v) is 11.8. The molecule has 0 saturated carbocycles. The number of piperidine rings is 2. The Hall–Kier alpha value is -1.93. The third-order valence-corrected chi connectivity index (χ3v) is 7.42. The molecule has 3 aliphatic rings. The van der Waals surface area contributed by atoms with Crippen LogP contribution in [0.1, 0.15) is 44.2 Å². The highest BCUT2D eigenvalue weighted by atomic mass is 32.1. The molecule has 0 aromatic carbocycles. The number of nitrogens with one attached hydrogen (secondary N) is 3. The van der Waals surface area contributed by atoms with Crippen LogP contribution in [-0.2, 0) is 11.3 Å². The molecule has 0 aliphatic carbocycles. The van der Waals surface area contributed by atoms with Crippen LogP contribution in [0.15, 0.2) is 23.0 Å². The normalized spacial score (nSPS) is 27.8. The van der Waals surface area contributed by atoms with Gasteiger partial charge in [0.25, 0.3) is 5.56 Å². The van der Waals surface area contributed by atoms with Gasteiger partial charge in [0.15, 0.2) is 5.11 Å². The highest BCUT2D eigenvalue weighted by Gasteiger charge is 2.35. The molecule has 3 aliphatic heterocycles. The molecule has 1 aromatic rings. The van der Waals surface area contributed by atoms with E-state index in [1.54, 1.807) is 11.0 Å². The minimum absolute atomic E-state index is 0.00415. The van der Waals surface area contributed by atoms with E-state index in [-0.39, 0.29) is 18.0 Å². The molecule has 4 atom stereocenters. The second kappa shape index (κ2) is 9.47. The van der Waals surface area contributed by atoms with Crippen molar-refractivity contribution in [3.05, 3.63) is 34.2 Å². The van der Waals surface area contributed by atoms with Gasteiger partial charge >= 0.3 is 0 Å². The molecule has 8 heteroatoms. The van der Waals surface area contributed by atoms with E-state index in [1.807, 2.05) is 10.6 Å². The van der Waals surface area contributed by atoms with Crippen molar-refractivity contribution in [2.45, 2.75) is 51.1 Å². The van der Waals surface area contributed by atoms with E-state index >= 15 is 0 Å². The maximum Gasteiger partial charge on any atom is 0.250 e. The van der Waals surface area contributed by atoms with Gasteiger partial charge in [-0.2, -0.15) is 0 Å². The molecule has 2 saturated heterocycles. The van der Waals surface area contributed by atoms with Gasteiger partial charge in [-0.1, -0.05) is 6.07 Å². The zero-order valence-electron chi connectivity index (χ0n) is 17.9. The van der Waals surface area contributed by atoms with Gasteiger partial charge in [-0.25, -0.2) is 0 Å². The summed E-state index contributed by atoms with van der Waals surface area (Å²) in [5.41, 5.74) is 1.20. The van der Waals surface area contributed by atoms with Crippen molar-refractivity contribution in [1.82, 2.24) is 20.1 Å². The van der Waals surface area contributed by atoms with Crippen molar-refractivity contribution in [1.29, 1.82) is 0 Å². The Morgan fingerprint density at radius 2 is 2.10 bits per heavy atom. The van der Waals surface area contributed by atoms with Crippen molar-refractivity contribution in [3.8, 4) is 0 Å². The molecular weight excluding hydrogens is 398 g/mol. The average molecular weight is 433 g/mol. The maximum atomic E-state index is 12.3. The smallest absolute Gasteiger partial charge is 0.250 e. The number of rotatable bonds is 5. The van der Waals surface area contributed by atoms with Gasteiger partial charge < -0.3 is 25.0 Å². The monoisotopic (exact) mass is 432 g/mol. The van der Waals surface area contributed by atoms with Gasteiger partial charge in [0.1, 0.15) is 0 Å². The lowest BCUT2D eigenvalue weighted by molar-refractivity contribution is -0.927. The number of quaternary nitrogens is 1. The molecule has 2 bridgehead atoms. The zero-order valence-corrected chi connectivity index (χ0v) is 18.7. The van der Waals surface area contributed by atoms with Gasteiger partial charge in [-0.3, -0.25) is 9.59 Å². The topological polar surface area (TPSA) is 70.8 Å². The Bertz CT molecular complexity index is 841. The third kappa shape index (κ3) is 4.86. The number of thiocarbonyl (C=S) groups is 1. The summed E-state index contributed by atoms with van der Waals surface area (Å²) in [7, 11) is 0. The molecule has 1 amide bonds. The van der Waals surface area contributed by atoms with Crippen molar-refractivity contribution >= 4 is 23.2 Å². The molecule has 30 heavy (non-hydrogen) atoms. The Kier molecular flexibility index (Phi) is 6.73. The lowest BCUT2D eigenvalue weighted by Crippen LogP contribution is -3.16. The summed E-state index contributed by atoms with van der Waals surface area (Å²) in [4.78, 5) is 28.2. The molecule has 0 radical (unpaired) electrons. The Morgan fingerprint density at radius 3 is 2.93 bits per heavy atom. The number of nitrogens with zero attached hydrogens (tertiary/aromatic N) is 2. The largest absolute Gasteiger partial charge is 0.354 e. The van der Waals surface area contributed by atoms with Crippen molar-refractivity contribution in [3.63, 3.8) is 0 Å². The van der Waals surface area contributed by atoms with E-state index in [4.69, 9.17) is 12.2 Å². The van der Waals surface area contributed by atoms with E-state index in [9.17, 15) is 9.59 Å². The number of likely N-dealkylation sites (tertiary alicyclic amines) is 2. The van der Waals surface area contributed by atoms with Gasteiger partial charge in [-0.05, 0) is 56.8 Å². The lowest BCUT2D eigenvalue weighted by atomic mass is 9.83. The van der Waals surface area contributed by atoms with Crippen molar-refractivity contribution < 1.29 is 9.69 Å². The Balaban J connectivity index is 1.22. The van der Waals surface area contributed by atoms with Crippen LogP contribution in [0.2, 0.25) is 0 Å². The molecule has 1 aromatic heterocycles. The first kappa shape index (κ1) is 21.3. The third-order valence-electron chi connectivity index (χ3n) is 7.02. The number of amides is 1. The van der Waals surface area contributed by atoms with Crippen molar-refractivity contribution in [2.24, 2.45) is 5.92 Å². The van der Waals surface area contributed by atoms with E-state index in [0.717, 1.165) is 38.3 Å². The van der Waals surface area contributed by atoms with Gasteiger partial charge in [-0.15, -0.1) is 0 Å². The molecule has 4 heterocycles. The fourth-order valence-electron chi connectivity index (χ4n) is 5.38. The van der Waals surface area contributed by atoms with Crippen LogP contribution in [0.5, 0.6) is 0 Å². The van der Waals surface area contributed by atoms with Crippen LogP contribution in [0.3, 0.4) is 0 Å². The quantitative estimate of drug-likeness (QED) is 0.558. The van der Waals surface area contributed by atoms with Crippen LogP contribution in [0.4, 0.5) is 0 Å². The molecule has 4 unspecified atom stereocenters. The molecule has 164 valence electrons. The molecular formula is C22H34N5O2S+. The lowest BCUT2D eigenvalue weighted by Gasteiger charge is -2.43. The van der Waals surface area contributed by atoms with Crippen LogP contribution in [0, 0.1) is 5.92 Å². The minimum atomic E-state index is -0.00415. The summed E-state index contributed by atoms with van der Waals surface area (Å²) >= 11 is 5.59. The number of carbonyl (C=O) groups excluding carboxylic acids is 1. The first-order chi connectivity index (χ1) is 14.5. The number of fused-ring (bicyclic) bond motifs is 4. The standard InChI is InChI=1S/C22H33N5O2S/c1-16-5-2-3-9-25(16)10-8-23-20(28)12-24-22(30)26-13-17-11-18(15-26)19-6-4-7-21(29)27(19)14-17/h4,6-7,16-18H,2-3,5,8-15H2,1H3,(H,23,28)(H,24,30)/p+1. The maximum absolute atomic E-state index is 12.3. The number of pyridine rings is 1. The fourth-order valence-corrected chi connectivity index (χ4v) is 5.60. The van der Waals surface area contributed by atoms with E-state index < -0.39 is 0 Å². The molecule has 2 fully saturated rings. The SMILES string of the molecule is CC1CCCC[NH+]1CCNC(=O)CNC(=S)N1CC2CC(C1)c1cccc(=O)n1C2. The average Bonchev–Trinajstić information content (AvgIpc) is 2.74. The molecule has 0 spiro atoms. The fraction of sp³-hybridized carbons (Fsp3) is 0.682. The van der Waals surface area contributed by atoms with Crippen LogP contribution >= 0.6 is 12.2 Å². The van der Waals surface area contributed by atoms with Crippen LogP contribution in [0.25, 0.3) is 0 Å². The summed E-state index contributed by atoms with van der Waals surface area (Å²) in [6.45, 7) is 7.82. The van der Waals surface area contributed by atoms with Crippen molar-refractivity contribution in [2.75, 3.05) is 39.3 Å². The summed E-state index contributed by atoms with van der Waals surface area (Å²) in [6.07, 6.45) is 5.01. The Labute approximate surface area is 183 Å². The van der Waals surface area contributed by atoms with Gasteiger partial charge in [0, 0.05) is 37.3 Å². The minimum Gasteiger partial charge on any atom is -0.354 e. The highest BCUT2D eigenvalue weighted by Crippen LogP contribution is 2.34. The van der Waals surface area contributed by atoms with Crippen LogP contribution in [-0.4, -0.2) is 65.8 Å². The number of hydrogen-bond donors (Lipinski definition) is 3. The van der Waals surface area contributed by atoms with Gasteiger partial charge in [0.05, 0.1) is 32.2 Å². The molecule has 7 nitrogen and oxygen atoms in total. The highest BCUT2D eigenvalue weighted by molar-refractivity contribution is 7.80. The summed E-state index contributed by atoms with van der Waals surface area (Å²) in [5.74, 6) is 0.726. The second-order valence-electron chi connectivity index (χ2n) is 9.17. The van der Waals surface area contributed by atoms with E-state index in [0.29, 0.717) is 29.5 Å². The number of carbonyl (C=O) groups is 1. The summed E-state index contributed by atoms with van der Waals surface area (Å²) in [5, 5.41) is 6.81.